The number of anilines is 2. The van der Waals surface area contributed by atoms with Crippen LogP contribution in [-0.4, -0.2) is 32.7 Å². The van der Waals surface area contributed by atoms with Crippen molar-refractivity contribution in [2.24, 2.45) is 0 Å². The predicted molar refractivity (Wildman–Crippen MR) is 129 cm³/mol. The molecule has 1 amide bonds. The van der Waals surface area contributed by atoms with E-state index in [1.54, 1.807) is 4.68 Å². The molecule has 3 aromatic carbocycles. The third-order valence-electron chi connectivity index (χ3n) is 5.80. The Morgan fingerprint density at radius 1 is 0.939 bits per heavy atom. The second kappa shape index (κ2) is 8.70. The zero-order valence-corrected chi connectivity index (χ0v) is 18.5. The Labute approximate surface area is 192 Å². The number of allylic oxidation sites excluding steroid dienone is 1. The molecule has 164 valence electrons. The summed E-state index contributed by atoms with van der Waals surface area (Å²) >= 11 is 0. The molecule has 7 nitrogen and oxygen atoms in total. The quantitative estimate of drug-likeness (QED) is 0.503. The number of rotatable bonds is 5. The van der Waals surface area contributed by atoms with Crippen LogP contribution in [0.4, 0.5) is 11.6 Å². The van der Waals surface area contributed by atoms with Crippen molar-refractivity contribution in [1.29, 1.82) is 0 Å². The van der Waals surface area contributed by atoms with E-state index in [-0.39, 0.29) is 18.5 Å². The van der Waals surface area contributed by atoms with E-state index in [9.17, 15) is 4.79 Å². The number of tetrazole rings is 1. The zero-order chi connectivity index (χ0) is 22.8. The van der Waals surface area contributed by atoms with Gasteiger partial charge in [0.1, 0.15) is 12.6 Å². The normalized spacial score (nSPS) is 15.0. The minimum atomic E-state index is -0.179. The number of nitrogens with zero attached hydrogens (tertiary/aromatic N) is 5. The Balaban J connectivity index is 1.53. The fourth-order valence-electron chi connectivity index (χ4n) is 4.03. The molecule has 0 radical (unpaired) electrons. The molecule has 1 aromatic heterocycles. The van der Waals surface area contributed by atoms with Crippen LogP contribution >= 0.6 is 0 Å². The summed E-state index contributed by atoms with van der Waals surface area (Å²) in [6.45, 7) is 4.11. The molecule has 1 N–H and O–H groups in total. The van der Waals surface area contributed by atoms with Crippen LogP contribution in [0.25, 0.3) is 5.70 Å². The Kier molecular flexibility index (Phi) is 5.44. The highest BCUT2D eigenvalue weighted by molar-refractivity contribution is 5.97. The summed E-state index contributed by atoms with van der Waals surface area (Å²) in [4.78, 5) is 14.9. The average molecular weight is 437 g/mol. The number of hydrogen-bond acceptors (Lipinski definition) is 5. The van der Waals surface area contributed by atoms with Gasteiger partial charge in [0.05, 0.1) is 5.70 Å². The van der Waals surface area contributed by atoms with Gasteiger partial charge in [-0.25, -0.2) is 0 Å². The molecule has 2 heterocycles. The fraction of sp³-hybridized carbons (Fsp3) is 0.154. The first-order valence-corrected chi connectivity index (χ1v) is 10.8. The van der Waals surface area contributed by atoms with Crippen LogP contribution < -0.4 is 10.2 Å². The number of aromatic nitrogens is 4. The van der Waals surface area contributed by atoms with Crippen LogP contribution in [0, 0.1) is 13.8 Å². The lowest BCUT2D eigenvalue weighted by molar-refractivity contribution is -0.114. The first-order chi connectivity index (χ1) is 16.1. The highest BCUT2D eigenvalue weighted by Crippen LogP contribution is 2.36. The molecule has 0 bridgehead atoms. The Morgan fingerprint density at radius 3 is 2.42 bits per heavy atom. The lowest BCUT2D eigenvalue weighted by atomic mass is 10.00. The average Bonchev–Trinajstić information content (AvgIpc) is 3.32. The molecular formula is C26H24N6O. The van der Waals surface area contributed by atoms with Gasteiger partial charge in [0.25, 0.3) is 5.95 Å². The number of carbonyl (C=O) groups is 1. The van der Waals surface area contributed by atoms with Crippen molar-refractivity contribution in [3.05, 3.63) is 107 Å². The van der Waals surface area contributed by atoms with Crippen LogP contribution in [0.2, 0.25) is 0 Å². The third kappa shape index (κ3) is 4.13. The molecule has 0 fully saturated rings. The van der Waals surface area contributed by atoms with Gasteiger partial charge in [-0.1, -0.05) is 83.5 Å². The van der Waals surface area contributed by atoms with Crippen LogP contribution in [0.3, 0.4) is 0 Å². The second-order valence-corrected chi connectivity index (χ2v) is 8.15. The van der Waals surface area contributed by atoms with E-state index in [2.05, 4.69) is 58.1 Å². The molecule has 1 aliphatic heterocycles. The molecule has 7 heteroatoms. The van der Waals surface area contributed by atoms with Crippen LogP contribution in [-0.2, 0) is 4.79 Å². The molecule has 0 saturated heterocycles. The van der Waals surface area contributed by atoms with Gasteiger partial charge < -0.3 is 5.32 Å². The lowest BCUT2D eigenvalue weighted by Gasteiger charge is -2.32. The van der Waals surface area contributed by atoms with Crippen molar-refractivity contribution in [1.82, 2.24) is 20.2 Å². The summed E-state index contributed by atoms with van der Waals surface area (Å²) in [7, 11) is 0. The number of hydrogen-bond donors (Lipinski definition) is 1. The molecule has 1 unspecified atom stereocenters. The molecule has 0 saturated carbocycles. The zero-order valence-electron chi connectivity index (χ0n) is 18.5. The van der Waals surface area contributed by atoms with E-state index in [0.29, 0.717) is 5.95 Å². The third-order valence-corrected chi connectivity index (χ3v) is 5.80. The van der Waals surface area contributed by atoms with E-state index < -0.39 is 0 Å². The van der Waals surface area contributed by atoms with Gasteiger partial charge >= 0.3 is 0 Å². The van der Waals surface area contributed by atoms with E-state index in [4.69, 9.17) is 0 Å². The van der Waals surface area contributed by atoms with Gasteiger partial charge in [-0.2, -0.15) is 4.68 Å². The number of nitrogens with one attached hydrogen (secondary N) is 1. The summed E-state index contributed by atoms with van der Waals surface area (Å²) in [6.07, 6.45) is 2.12. The summed E-state index contributed by atoms with van der Waals surface area (Å²) in [5.41, 5.74) is 5.95. The highest BCUT2D eigenvalue weighted by atomic mass is 16.2. The van der Waals surface area contributed by atoms with Crippen molar-refractivity contribution >= 4 is 23.2 Å². The molecule has 33 heavy (non-hydrogen) atoms. The van der Waals surface area contributed by atoms with Crippen molar-refractivity contribution in [2.75, 3.05) is 16.8 Å². The van der Waals surface area contributed by atoms with Crippen molar-refractivity contribution in [3.8, 4) is 0 Å². The predicted octanol–water partition coefficient (Wildman–Crippen LogP) is 4.38. The minimum absolute atomic E-state index is 0.0794. The van der Waals surface area contributed by atoms with Crippen molar-refractivity contribution in [2.45, 2.75) is 19.9 Å². The fourth-order valence-corrected chi connectivity index (χ4v) is 4.03. The molecular weight excluding hydrogens is 412 g/mol. The summed E-state index contributed by atoms with van der Waals surface area (Å²) in [5.74, 6) is 0.385. The molecule has 5 rings (SSSR count). The smallest absolute Gasteiger partial charge is 0.251 e. The van der Waals surface area contributed by atoms with Gasteiger partial charge in [0, 0.05) is 5.69 Å². The first kappa shape index (κ1) is 20.6. The van der Waals surface area contributed by atoms with Crippen LogP contribution in [0.5, 0.6) is 0 Å². The van der Waals surface area contributed by atoms with Gasteiger partial charge in [-0.05, 0) is 53.1 Å². The van der Waals surface area contributed by atoms with Crippen molar-refractivity contribution in [3.63, 3.8) is 0 Å². The maximum atomic E-state index is 13.1. The summed E-state index contributed by atoms with van der Waals surface area (Å²) in [5, 5.41) is 15.5. The number of amides is 1. The Morgan fingerprint density at radius 2 is 1.67 bits per heavy atom. The Hall–Kier alpha value is -4.26. The minimum Gasteiger partial charge on any atom is -0.324 e. The maximum Gasteiger partial charge on any atom is 0.251 e. The topological polar surface area (TPSA) is 75.9 Å². The second-order valence-electron chi connectivity index (χ2n) is 8.15. The van der Waals surface area contributed by atoms with E-state index >= 15 is 0 Å². The van der Waals surface area contributed by atoms with Gasteiger partial charge in [-0.3, -0.25) is 9.69 Å². The number of para-hydroxylation sites is 1. The van der Waals surface area contributed by atoms with Crippen LogP contribution in [0.15, 0.2) is 84.9 Å². The van der Waals surface area contributed by atoms with Gasteiger partial charge in [-0.15, -0.1) is 0 Å². The number of fused-ring (bicyclic) bond motifs is 1. The monoisotopic (exact) mass is 436 g/mol. The van der Waals surface area contributed by atoms with Crippen molar-refractivity contribution < 1.29 is 4.79 Å². The molecule has 4 aromatic rings. The SMILES string of the molecule is Cc1ccc(C2C=C(c3ccccc3)N(CC(=O)Nc3ccccc3C)c3nnnn32)cc1. The van der Waals surface area contributed by atoms with Gasteiger partial charge in [0.2, 0.25) is 5.91 Å². The number of benzene rings is 3. The van der Waals surface area contributed by atoms with Crippen LogP contribution in [0.1, 0.15) is 28.3 Å². The highest BCUT2D eigenvalue weighted by Gasteiger charge is 2.31. The summed E-state index contributed by atoms with van der Waals surface area (Å²) in [6, 6.07) is 25.9. The Bertz CT molecular complexity index is 1310. The van der Waals surface area contributed by atoms with Gasteiger partial charge in [0.15, 0.2) is 0 Å². The molecule has 1 atom stereocenters. The van der Waals surface area contributed by atoms with E-state index in [1.165, 1.54) is 5.56 Å². The summed E-state index contributed by atoms with van der Waals surface area (Å²) < 4.78 is 1.76. The van der Waals surface area contributed by atoms with E-state index in [1.807, 2.05) is 66.4 Å². The largest absolute Gasteiger partial charge is 0.324 e. The standard InChI is InChI=1S/C26H24N6O/c1-18-12-14-21(15-13-18)24-16-23(20-9-4-3-5-10-20)31(26-28-29-30-32(24)26)17-25(33)27-22-11-7-6-8-19(22)2/h3-16,24H,17H2,1-2H3,(H,27,33). The van der Waals surface area contributed by atoms with E-state index in [0.717, 1.165) is 28.1 Å². The maximum absolute atomic E-state index is 13.1. The lowest BCUT2D eigenvalue weighted by Crippen LogP contribution is -2.37. The molecule has 0 aliphatic carbocycles. The number of carbonyl (C=O) groups excluding carboxylic acids is 1. The molecule has 0 spiro atoms. The molecule has 1 aliphatic rings. The number of aryl methyl sites for hydroxylation is 2. The first-order valence-electron chi connectivity index (χ1n) is 10.8.